The molecule has 24 atom stereocenters. The van der Waals surface area contributed by atoms with E-state index in [2.05, 4.69) is 19.9 Å². The van der Waals surface area contributed by atoms with Crippen molar-refractivity contribution in [1.29, 1.82) is 0 Å². The van der Waals surface area contributed by atoms with Gasteiger partial charge in [0.05, 0.1) is 12.7 Å². The molecule has 30 nitrogen and oxygen atoms in total. The largest absolute Gasteiger partial charge is 0.463 e. The van der Waals surface area contributed by atoms with Gasteiger partial charge in [0.25, 0.3) is 0 Å². The number of cyclic esters (lactones) is 1. The lowest BCUT2D eigenvalue weighted by Crippen LogP contribution is -2.68. The monoisotopic (exact) mass is 1380 g/mol. The fourth-order valence-corrected chi connectivity index (χ4v) is 16.5. The third-order valence-electron chi connectivity index (χ3n) is 20.3. The molecule has 4 aliphatic heterocycles. The summed E-state index contributed by atoms with van der Waals surface area (Å²) in [6.07, 6.45) is -21.4. The van der Waals surface area contributed by atoms with E-state index in [-0.39, 0.29) is 36.5 Å². The van der Waals surface area contributed by atoms with E-state index in [9.17, 15) is 57.5 Å². The molecule has 97 heavy (non-hydrogen) atoms. The van der Waals surface area contributed by atoms with Crippen LogP contribution in [0, 0.1) is 34.5 Å². The van der Waals surface area contributed by atoms with Gasteiger partial charge in [-0.05, 0) is 82.5 Å². The molecule has 0 amide bonds. The summed E-state index contributed by atoms with van der Waals surface area (Å²) in [5.41, 5.74) is -0.0895. The van der Waals surface area contributed by atoms with Gasteiger partial charge < -0.3 is 85.3 Å². The number of fused-ring (bicyclic) bond motifs is 5. The van der Waals surface area contributed by atoms with Crippen molar-refractivity contribution in [3.05, 3.63) is 22.8 Å². The first-order valence-corrected chi connectivity index (χ1v) is 32.7. The van der Waals surface area contributed by atoms with Gasteiger partial charge in [-0.2, -0.15) is 0 Å². The summed E-state index contributed by atoms with van der Waals surface area (Å²) in [6.45, 7) is 19.8. The van der Waals surface area contributed by atoms with E-state index in [0.29, 0.717) is 37.7 Å². The number of carbonyl (C=O) groups is 12. The predicted molar refractivity (Wildman–Crippen MR) is 323 cm³/mol. The molecule has 0 unspecified atom stereocenters. The topological polar surface area (TPSA) is 371 Å². The second-order valence-corrected chi connectivity index (χ2v) is 27.1. The summed E-state index contributed by atoms with van der Waals surface area (Å²) in [4.78, 5) is 156. The zero-order valence-electron chi connectivity index (χ0n) is 57.7. The molecule has 0 aromatic heterocycles. The molecule has 3 saturated carbocycles. The van der Waals surface area contributed by atoms with Crippen molar-refractivity contribution in [3.63, 3.8) is 0 Å². The number of allylic oxidation sites excluding steroid dienone is 1. The molecule has 6 fully saturated rings. The fraction of sp³-hybridized carbons (Fsp3) is 0.761. The van der Waals surface area contributed by atoms with Crippen LogP contribution < -0.4 is 0 Å². The average Bonchev–Trinajstić information content (AvgIpc) is 1.69. The van der Waals surface area contributed by atoms with Gasteiger partial charge in [0, 0.05) is 106 Å². The third-order valence-corrected chi connectivity index (χ3v) is 20.3. The number of carbonyl (C=O) groups excluding carboxylic acids is 12. The Kier molecular flexibility index (Phi) is 24.2. The number of hydrogen-bond acceptors (Lipinski definition) is 30. The van der Waals surface area contributed by atoms with Crippen LogP contribution in [0.25, 0.3) is 0 Å². The smallest absolute Gasteiger partial charge is 0.334 e. The molecule has 8 aliphatic rings. The van der Waals surface area contributed by atoms with Crippen LogP contribution in [-0.2, 0) is 143 Å². The van der Waals surface area contributed by atoms with Gasteiger partial charge in [0.1, 0.15) is 55.4 Å². The molecular weight excluding hydrogens is 1280 g/mol. The molecule has 0 aromatic rings. The number of esters is 12. The van der Waals surface area contributed by atoms with Gasteiger partial charge in [-0.15, -0.1) is 0 Å². The Morgan fingerprint density at radius 2 is 1.02 bits per heavy atom. The van der Waals surface area contributed by atoms with Crippen molar-refractivity contribution in [3.8, 4) is 0 Å². The summed E-state index contributed by atoms with van der Waals surface area (Å²) in [5.74, 6) is -10.0. The minimum Gasteiger partial charge on any atom is -0.463 e. The lowest BCUT2D eigenvalue weighted by atomic mass is 9.46. The molecule has 540 valence electrons. The second kappa shape index (κ2) is 31.0. The highest BCUT2D eigenvalue weighted by molar-refractivity contribution is 5.89. The van der Waals surface area contributed by atoms with Crippen molar-refractivity contribution in [2.45, 2.75) is 272 Å². The van der Waals surface area contributed by atoms with Crippen LogP contribution >= 0.6 is 0 Å². The Balaban J connectivity index is 1.21. The highest BCUT2D eigenvalue weighted by Crippen LogP contribution is 2.69. The van der Waals surface area contributed by atoms with E-state index in [0.717, 1.165) is 79.9 Å². The van der Waals surface area contributed by atoms with Crippen LogP contribution in [0.1, 0.15) is 162 Å². The van der Waals surface area contributed by atoms with Crippen molar-refractivity contribution < 1.29 is 143 Å². The van der Waals surface area contributed by atoms with E-state index >= 15 is 0 Å². The maximum Gasteiger partial charge on any atom is 0.334 e. The van der Waals surface area contributed by atoms with Crippen LogP contribution in [0.15, 0.2) is 22.8 Å². The first-order valence-electron chi connectivity index (χ1n) is 32.7. The number of rotatable bonds is 21. The molecule has 0 spiro atoms. The number of hydrogen-bond donors (Lipinski definition) is 0. The molecular formula is C67H92O30. The Labute approximate surface area is 561 Å². The zero-order chi connectivity index (χ0) is 71.5. The molecule has 0 radical (unpaired) electrons. The molecule has 4 aliphatic carbocycles. The lowest BCUT2D eigenvalue weighted by Gasteiger charge is -2.61. The van der Waals surface area contributed by atoms with Gasteiger partial charge >= 0.3 is 71.6 Å². The first kappa shape index (κ1) is 75.6. The second-order valence-electron chi connectivity index (χ2n) is 27.1. The highest BCUT2D eigenvalue weighted by atomic mass is 16.8. The van der Waals surface area contributed by atoms with Crippen molar-refractivity contribution in [1.82, 2.24) is 0 Å². The summed E-state index contributed by atoms with van der Waals surface area (Å²) < 4.78 is 110. The van der Waals surface area contributed by atoms with E-state index in [1.54, 1.807) is 6.92 Å². The van der Waals surface area contributed by atoms with Crippen LogP contribution in [0.2, 0.25) is 0 Å². The standard InChI is InChI=1S/C67H92O30/c1-29-23-52(94-61(79)30(29)2)67(16,97-41(13)78)50-20-19-45-44-18-17-42-24-43(25-51(84-34(6)71)66(42,15)46(44)21-22-65(45,50)14)91-63-60(90-40(12)77)57(96-62-58(88-38(10)75)55(86-36(8)73)47(28-82-62)83-33(5)70)54(49(92-63)27-81-32(4)69)95-64-59(89-39(11)76)56(87-37(9)74)53(85-35(7)72)48(93-64)26-80-31(3)68/h17,43-60,62-64H,18-28H2,1-16H3/t43-,44+,45+,46+,47-,48-,49-,50+,51+,52-,53-,54-,55+,56+,57+,58-,59-,60-,62+,63-,64+,65+,66+,67-/m1/s1. The SMILES string of the molecule is CC(=O)OC[C@H]1O[C@@H](O[C@H]2[C@H](O[C@@H]3OC[C@@H](OC(C)=O)[C@H](OC(C)=O)[C@H]3OC(C)=O)[C@@H](OC(C)=O)[C@H](O[C@@H]3CC4=CC[C@H]5[C@@H]6CC[C@H]([C@@](C)(OC(C)=O)[C@H]7CC(C)=C(C)C(=O)O7)[C@@]6(C)CC[C@@H]5[C@@]4(C)[C@@H](OC(C)=O)C3)O[C@@H]2COC(C)=O)[C@H](OC(C)=O)[C@@H](OC(C)=O)[C@@H]1OC(C)=O. The maximum atomic E-state index is 13.8. The first-order chi connectivity index (χ1) is 45.4. The van der Waals surface area contributed by atoms with Crippen LogP contribution in [-0.4, -0.2) is 201 Å². The minimum atomic E-state index is -2.04. The van der Waals surface area contributed by atoms with E-state index < -0.39 is 212 Å². The lowest BCUT2D eigenvalue weighted by molar-refractivity contribution is -0.386. The quantitative estimate of drug-likeness (QED) is 0.0854. The number of ether oxygens (including phenoxy) is 18. The van der Waals surface area contributed by atoms with Gasteiger partial charge in [0.2, 0.25) is 0 Å². The predicted octanol–water partition coefficient (Wildman–Crippen LogP) is 4.69. The van der Waals surface area contributed by atoms with Crippen LogP contribution in [0.4, 0.5) is 0 Å². The Hall–Kier alpha value is -7.12. The van der Waals surface area contributed by atoms with Gasteiger partial charge in [-0.1, -0.05) is 31.1 Å². The summed E-state index contributed by atoms with van der Waals surface area (Å²) in [6, 6.07) is 0. The van der Waals surface area contributed by atoms with Crippen molar-refractivity contribution in [2.24, 2.45) is 34.5 Å². The van der Waals surface area contributed by atoms with Crippen LogP contribution in [0.3, 0.4) is 0 Å². The molecule has 4 heterocycles. The van der Waals surface area contributed by atoms with E-state index in [4.69, 9.17) is 85.3 Å². The Morgan fingerprint density at radius 3 is 1.56 bits per heavy atom. The summed E-state index contributed by atoms with van der Waals surface area (Å²) in [5, 5.41) is 0. The van der Waals surface area contributed by atoms with E-state index in [1.807, 2.05) is 13.8 Å². The third kappa shape index (κ3) is 17.0. The fourth-order valence-electron chi connectivity index (χ4n) is 16.5. The van der Waals surface area contributed by atoms with Crippen LogP contribution in [0.5, 0.6) is 0 Å². The summed E-state index contributed by atoms with van der Waals surface area (Å²) >= 11 is 0. The molecule has 30 heteroatoms. The van der Waals surface area contributed by atoms with Gasteiger partial charge in [-0.25, -0.2) is 4.79 Å². The molecule has 0 N–H and O–H groups in total. The van der Waals surface area contributed by atoms with Crippen molar-refractivity contribution in [2.75, 3.05) is 19.8 Å². The highest BCUT2D eigenvalue weighted by Gasteiger charge is 2.67. The molecule has 0 bridgehead atoms. The van der Waals surface area contributed by atoms with Gasteiger partial charge in [0.15, 0.2) is 61.6 Å². The Morgan fingerprint density at radius 1 is 0.526 bits per heavy atom. The van der Waals surface area contributed by atoms with Gasteiger partial charge in [-0.3, -0.25) is 52.7 Å². The maximum absolute atomic E-state index is 13.8. The normalized spacial score (nSPS) is 37.4. The Bertz CT molecular complexity index is 3100. The zero-order valence-corrected chi connectivity index (χ0v) is 57.7. The molecule has 8 rings (SSSR count). The van der Waals surface area contributed by atoms with E-state index in [1.165, 1.54) is 13.8 Å². The van der Waals surface area contributed by atoms with Crippen molar-refractivity contribution >= 4 is 71.6 Å². The minimum absolute atomic E-state index is 0.0182. The summed E-state index contributed by atoms with van der Waals surface area (Å²) in [7, 11) is 0. The average molecular weight is 1380 g/mol. The molecule has 0 aromatic carbocycles. The molecule has 3 saturated heterocycles.